The second-order valence-electron chi connectivity index (χ2n) is 6.61. The number of hydrogen-bond acceptors (Lipinski definition) is 2. The number of nitrogens with zero attached hydrogens (tertiary/aromatic N) is 2. The van der Waals surface area contributed by atoms with E-state index in [4.69, 9.17) is 0 Å². The smallest absolute Gasteiger partial charge is 0.222 e. The van der Waals surface area contributed by atoms with Crippen molar-refractivity contribution in [3.05, 3.63) is 30.1 Å². The summed E-state index contributed by atoms with van der Waals surface area (Å²) < 4.78 is 0. The lowest BCUT2D eigenvalue weighted by molar-refractivity contribution is -0.131. The van der Waals surface area contributed by atoms with E-state index in [-0.39, 0.29) is 5.91 Å². The van der Waals surface area contributed by atoms with Crippen LogP contribution in [-0.2, 0) is 11.2 Å². The van der Waals surface area contributed by atoms with Gasteiger partial charge < -0.3 is 4.90 Å². The van der Waals surface area contributed by atoms with Crippen molar-refractivity contribution in [2.75, 3.05) is 13.1 Å². The molecule has 0 saturated carbocycles. The largest absolute Gasteiger partial charge is 0.343 e. The van der Waals surface area contributed by atoms with Crippen molar-refractivity contribution < 1.29 is 4.79 Å². The Morgan fingerprint density at radius 1 is 1.14 bits per heavy atom. The molecule has 1 aromatic heterocycles. The number of aryl methyl sites for hydroxylation is 1. The molecule has 1 amide bonds. The Bertz CT molecular complexity index is 389. The molecule has 0 atom stereocenters. The lowest BCUT2D eigenvalue weighted by Crippen LogP contribution is -2.34. The van der Waals surface area contributed by atoms with Crippen LogP contribution >= 0.6 is 0 Å². The van der Waals surface area contributed by atoms with Gasteiger partial charge in [0.2, 0.25) is 5.91 Å². The van der Waals surface area contributed by atoms with Gasteiger partial charge in [0.15, 0.2) is 0 Å². The Labute approximate surface area is 129 Å². The van der Waals surface area contributed by atoms with E-state index in [1.165, 1.54) is 0 Å². The molecule has 0 radical (unpaired) electrons. The van der Waals surface area contributed by atoms with E-state index in [0.717, 1.165) is 37.9 Å². The highest BCUT2D eigenvalue weighted by Gasteiger charge is 2.14. The number of hydrogen-bond donors (Lipinski definition) is 0. The number of rotatable bonds is 9. The molecule has 0 fully saturated rings. The predicted octanol–water partition coefficient (Wildman–Crippen LogP) is 3.94. The molecule has 118 valence electrons. The summed E-state index contributed by atoms with van der Waals surface area (Å²) in [5, 5.41) is 0. The molecule has 3 heteroatoms. The first-order valence-electron chi connectivity index (χ1n) is 8.15. The van der Waals surface area contributed by atoms with Gasteiger partial charge in [0.1, 0.15) is 0 Å². The average Bonchev–Trinajstić information content (AvgIpc) is 2.45. The highest BCUT2D eigenvalue weighted by molar-refractivity contribution is 5.76. The molecule has 0 bridgehead atoms. The standard InChI is InChI=1S/C18H30N2O/c1-15(2)9-12-20(13-10-16(3)4)18(21)8-7-17-6-5-11-19-14-17/h5-6,11,14-16H,7-10,12-13H2,1-4H3. The van der Waals surface area contributed by atoms with E-state index in [2.05, 4.69) is 37.6 Å². The highest BCUT2D eigenvalue weighted by atomic mass is 16.2. The second-order valence-corrected chi connectivity index (χ2v) is 6.61. The summed E-state index contributed by atoms with van der Waals surface area (Å²) in [6.45, 7) is 10.6. The fourth-order valence-corrected chi connectivity index (χ4v) is 2.14. The van der Waals surface area contributed by atoms with Crippen LogP contribution in [0.3, 0.4) is 0 Å². The van der Waals surface area contributed by atoms with Crippen molar-refractivity contribution in [3.63, 3.8) is 0 Å². The van der Waals surface area contributed by atoms with Gasteiger partial charge in [-0.15, -0.1) is 0 Å². The average molecular weight is 290 g/mol. The summed E-state index contributed by atoms with van der Waals surface area (Å²) in [5.41, 5.74) is 1.14. The number of amides is 1. The van der Waals surface area contributed by atoms with Gasteiger partial charge >= 0.3 is 0 Å². The minimum atomic E-state index is 0.278. The van der Waals surface area contributed by atoms with Crippen molar-refractivity contribution in [1.29, 1.82) is 0 Å². The molecule has 3 nitrogen and oxygen atoms in total. The minimum absolute atomic E-state index is 0.278. The summed E-state index contributed by atoms with van der Waals surface area (Å²) in [4.78, 5) is 18.6. The van der Waals surface area contributed by atoms with E-state index in [1.54, 1.807) is 6.20 Å². The predicted molar refractivity (Wildman–Crippen MR) is 88.0 cm³/mol. The Morgan fingerprint density at radius 3 is 2.24 bits per heavy atom. The van der Waals surface area contributed by atoms with Crippen LogP contribution in [0, 0.1) is 11.8 Å². The summed E-state index contributed by atoms with van der Waals surface area (Å²) in [5.74, 6) is 1.55. The molecule has 1 rings (SSSR count). The first kappa shape index (κ1) is 17.7. The second kappa shape index (κ2) is 9.54. The normalized spacial score (nSPS) is 11.1. The highest BCUT2D eigenvalue weighted by Crippen LogP contribution is 2.10. The molecule has 21 heavy (non-hydrogen) atoms. The molecular formula is C18H30N2O. The fourth-order valence-electron chi connectivity index (χ4n) is 2.14. The maximum atomic E-state index is 12.4. The van der Waals surface area contributed by atoms with E-state index >= 15 is 0 Å². The van der Waals surface area contributed by atoms with Crippen LogP contribution in [0.2, 0.25) is 0 Å². The Balaban J connectivity index is 2.48. The van der Waals surface area contributed by atoms with Gasteiger partial charge in [-0.2, -0.15) is 0 Å². The van der Waals surface area contributed by atoms with Gasteiger partial charge in [0.05, 0.1) is 0 Å². The molecule has 0 spiro atoms. The maximum absolute atomic E-state index is 12.4. The molecule has 0 unspecified atom stereocenters. The molecule has 0 aliphatic rings. The van der Waals surface area contributed by atoms with Crippen LogP contribution in [-0.4, -0.2) is 28.9 Å². The van der Waals surface area contributed by atoms with Gasteiger partial charge in [0.25, 0.3) is 0 Å². The third-order valence-electron chi connectivity index (χ3n) is 3.66. The lowest BCUT2D eigenvalue weighted by atomic mass is 10.1. The zero-order valence-corrected chi connectivity index (χ0v) is 14.0. The van der Waals surface area contributed by atoms with Crippen LogP contribution in [0.1, 0.15) is 52.5 Å². The summed E-state index contributed by atoms with van der Waals surface area (Å²) in [6, 6.07) is 3.96. The molecule has 0 aliphatic carbocycles. The number of aromatic nitrogens is 1. The van der Waals surface area contributed by atoms with Gasteiger partial charge in [0, 0.05) is 31.9 Å². The molecule has 1 heterocycles. The van der Waals surface area contributed by atoms with Crippen LogP contribution in [0.4, 0.5) is 0 Å². The van der Waals surface area contributed by atoms with Crippen LogP contribution in [0.15, 0.2) is 24.5 Å². The zero-order valence-electron chi connectivity index (χ0n) is 14.0. The first-order chi connectivity index (χ1) is 9.99. The molecule has 0 N–H and O–H groups in total. The third kappa shape index (κ3) is 7.84. The Kier molecular flexibility index (Phi) is 8.03. The monoisotopic (exact) mass is 290 g/mol. The molecular weight excluding hydrogens is 260 g/mol. The van der Waals surface area contributed by atoms with Crippen LogP contribution in [0.25, 0.3) is 0 Å². The van der Waals surface area contributed by atoms with Gasteiger partial charge in [-0.3, -0.25) is 9.78 Å². The minimum Gasteiger partial charge on any atom is -0.343 e. The van der Waals surface area contributed by atoms with Crippen molar-refractivity contribution in [1.82, 2.24) is 9.88 Å². The Morgan fingerprint density at radius 2 is 1.76 bits per heavy atom. The number of pyridine rings is 1. The van der Waals surface area contributed by atoms with Crippen LogP contribution < -0.4 is 0 Å². The van der Waals surface area contributed by atoms with E-state index < -0.39 is 0 Å². The van der Waals surface area contributed by atoms with Gasteiger partial charge in [-0.25, -0.2) is 0 Å². The van der Waals surface area contributed by atoms with E-state index in [9.17, 15) is 4.79 Å². The van der Waals surface area contributed by atoms with Crippen molar-refractivity contribution in [3.8, 4) is 0 Å². The summed E-state index contributed by atoms with van der Waals surface area (Å²) in [7, 11) is 0. The third-order valence-corrected chi connectivity index (χ3v) is 3.66. The first-order valence-corrected chi connectivity index (χ1v) is 8.15. The van der Waals surface area contributed by atoms with Crippen LogP contribution in [0.5, 0.6) is 0 Å². The topological polar surface area (TPSA) is 33.2 Å². The van der Waals surface area contributed by atoms with Crippen molar-refractivity contribution in [2.45, 2.75) is 53.4 Å². The number of carbonyl (C=O) groups excluding carboxylic acids is 1. The van der Waals surface area contributed by atoms with E-state index in [1.807, 2.05) is 18.3 Å². The van der Waals surface area contributed by atoms with Crippen molar-refractivity contribution >= 4 is 5.91 Å². The quantitative estimate of drug-likeness (QED) is 0.690. The number of carbonyl (C=O) groups is 1. The molecule has 0 aromatic carbocycles. The van der Waals surface area contributed by atoms with Gasteiger partial charge in [-0.1, -0.05) is 33.8 Å². The zero-order chi connectivity index (χ0) is 15.7. The molecule has 0 saturated heterocycles. The molecule has 1 aromatic rings. The maximum Gasteiger partial charge on any atom is 0.222 e. The lowest BCUT2D eigenvalue weighted by Gasteiger charge is -2.24. The fraction of sp³-hybridized carbons (Fsp3) is 0.667. The summed E-state index contributed by atoms with van der Waals surface area (Å²) >= 11 is 0. The Hall–Kier alpha value is -1.38. The molecule has 0 aliphatic heterocycles. The SMILES string of the molecule is CC(C)CCN(CCC(C)C)C(=O)CCc1cccnc1. The van der Waals surface area contributed by atoms with Gasteiger partial charge in [-0.05, 0) is 42.7 Å². The van der Waals surface area contributed by atoms with Crippen molar-refractivity contribution in [2.24, 2.45) is 11.8 Å². The van der Waals surface area contributed by atoms with E-state index in [0.29, 0.717) is 18.3 Å². The summed E-state index contributed by atoms with van der Waals surface area (Å²) in [6.07, 6.45) is 7.14.